The van der Waals surface area contributed by atoms with Crippen LogP contribution in [0, 0.1) is 0 Å². The summed E-state index contributed by atoms with van der Waals surface area (Å²) < 4.78 is 8.81. The number of hydrogen-bond acceptors (Lipinski definition) is 4. The largest absolute Gasteiger partial charge is 0.450 e. The van der Waals surface area contributed by atoms with Gasteiger partial charge in [-0.3, -0.25) is 0 Å². The van der Waals surface area contributed by atoms with E-state index in [-0.39, 0.29) is 13.2 Å². The Hall–Kier alpha value is -1.52. The van der Waals surface area contributed by atoms with Gasteiger partial charge in [0.15, 0.2) is 0 Å². The predicted octanol–water partition coefficient (Wildman–Crippen LogP) is 0.419. The molecule has 0 aromatic rings. The third-order valence-electron chi connectivity index (χ3n) is 0.867. The molecule has 0 fully saturated rings. The van der Waals surface area contributed by atoms with E-state index in [0.717, 1.165) is 6.26 Å². The molecule has 0 radical (unpaired) electrons. The van der Waals surface area contributed by atoms with E-state index in [1.54, 1.807) is 6.92 Å². The second-order valence-electron chi connectivity index (χ2n) is 1.73. The first-order valence-electron chi connectivity index (χ1n) is 3.41. The maximum Gasteiger partial charge on any atom is 0.407 e. The second kappa shape index (κ2) is 6.21. The Morgan fingerprint density at radius 1 is 1.58 bits per heavy atom. The van der Waals surface area contributed by atoms with Crippen molar-refractivity contribution in [3.63, 3.8) is 0 Å². The van der Waals surface area contributed by atoms with Gasteiger partial charge in [0.2, 0.25) is 0 Å². The fourth-order valence-electron chi connectivity index (χ4n) is 0.461. The van der Waals surface area contributed by atoms with Crippen LogP contribution in [0.2, 0.25) is 0 Å². The van der Waals surface area contributed by atoms with Crippen LogP contribution >= 0.6 is 0 Å². The van der Waals surface area contributed by atoms with Crippen molar-refractivity contribution in [3.8, 4) is 0 Å². The van der Waals surface area contributed by atoms with Gasteiger partial charge >= 0.3 is 12.1 Å². The van der Waals surface area contributed by atoms with E-state index >= 15 is 0 Å². The molecule has 1 N–H and O–H groups in total. The zero-order valence-corrected chi connectivity index (χ0v) is 6.83. The molecule has 0 aliphatic rings. The molecule has 5 nitrogen and oxygen atoms in total. The lowest BCUT2D eigenvalue weighted by Crippen LogP contribution is -2.30. The molecule has 68 valence electrons. The van der Waals surface area contributed by atoms with Gasteiger partial charge in [0.05, 0.1) is 12.9 Å². The molecule has 0 bridgehead atoms. The molecule has 0 unspecified atom stereocenters. The Kier molecular flexibility index (Phi) is 5.42. The second-order valence-corrected chi connectivity index (χ2v) is 1.73. The van der Waals surface area contributed by atoms with Crippen molar-refractivity contribution in [2.45, 2.75) is 6.92 Å². The highest BCUT2D eigenvalue weighted by atomic mass is 16.6. The van der Waals surface area contributed by atoms with E-state index in [4.69, 9.17) is 0 Å². The molecule has 12 heavy (non-hydrogen) atoms. The molecule has 0 spiro atoms. The summed E-state index contributed by atoms with van der Waals surface area (Å²) in [5.41, 5.74) is 0. The molecular weight excluding hydrogens is 162 g/mol. The quantitative estimate of drug-likeness (QED) is 0.494. The van der Waals surface area contributed by atoms with Crippen molar-refractivity contribution >= 4 is 12.1 Å². The summed E-state index contributed by atoms with van der Waals surface area (Å²) in [7, 11) is 0. The number of carbonyl (C=O) groups is 2. The van der Waals surface area contributed by atoms with Crippen LogP contribution in [0.25, 0.3) is 0 Å². The zero-order valence-electron chi connectivity index (χ0n) is 6.83. The number of hydrogen-bond donors (Lipinski definition) is 1. The number of nitrogens with one attached hydrogen (secondary N) is 1. The predicted molar refractivity (Wildman–Crippen MR) is 41.3 cm³/mol. The normalized spacial score (nSPS) is 8.42. The fraction of sp³-hybridized carbons (Fsp3) is 0.429. The standard InChI is InChI=1S/C7H11NO4/c1-3-11-6(9)5-8-7(10)12-4-2/h3H,1,4-5H2,2H3,(H,8,10). The number of carbonyl (C=O) groups excluding carboxylic acids is 2. The number of amides is 1. The molecule has 0 saturated carbocycles. The molecule has 0 aromatic carbocycles. The van der Waals surface area contributed by atoms with Crippen LogP contribution in [-0.4, -0.2) is 25.2 Å². The minimum absolute atomic E-state index is 0.217. The topological polar surface area (TPSA) is 64.6 Å². The average Bonchev–Trinajstić information content (AvgIpc) is 2.02. The lowest BCUT2D eigenvalue weighted by Gasteiger charge is -2.02. The lowest BCUT2D eigenvalue weighted by atomic mass is 10.6. The van der Waals surface area contributed by atoms with E-state index in [9.17, 15) is 9.59 Å². The van der Waals surface area contributed by atoms with Crippen molar-refractivity contribution in [2.24, 2.45) is 0 Å². The minimum atomic E-state index is -0.640. The van der Waals surface area contributed by atoms with Crippen LogP contribution in [-0.2, 0) is 14.3 Å². The van der Waals surface area contributed by atoms with Crippen LogP contribution < -0.4 is 5.32 Å². The fourth-order valence-corrected chi connectivity index (χ4v) is 0.461. The first kappa shape index (κ1) is 10.5. The van der Waals surface area contributed by atoms with Crippen LogP contribution in [0.5, 0.6) is 0 Å². The average molecular weight is 173 g/mol. The zero-order chi connectivity index (χ0) is 9.40. The van der Waals surface area contributed by atoms with Gasteiger partial charge < -0.3 is 14.8 Å². The van der Waals surface area contributed by atoms with Crippen LogP contribution in [0.3, 0.4) is 0 Å². The van der Waals surface area contributed by atoms with E-state index < -0.39 is 12.1 Å². The molecule has 0 aliphatic heterocycles. The monoisotopic (exact) mass is 173 g/mol. The van der Waals surface area contributed by atoms with Gasteiger partial charge in [-0.25, -0.2) is 9.59 Å². The van der Waals surface area contributed by atoms with Crippen LogP contribution in [0.4, 0.5) is 4.79 Å². The summed E-state index contributed by atoms with van der Waals surface area (Å²) >= 11 is 0. The highest BCUT2D eigenvalue weighted by Crippen LogP contribution is 1.79. The van der Waals surface area contributed by atoms with E-state index in [1.165, 1.54) is 0 Å². The van der Waals surface area contributed by atoms with Gasteiger partial charge in [0.25, 0.3) is 0 Å². The molecule has 0 atom stereocenters. The van der Waals surface area contributed by atoms with Gasteiger partial charge in [-0.05, 0) is 6.92 Å². The highest BCUT2D eigenvalue weighted by molar-refractivity contribution is 5.78. The summed E-state index contributed by atoms with van der Waals surface area (Å²) in [6.45, 7) is 4.89. The minimum Gasteiger partial charge on any atom is -0.450 e. The summed E-state index contributed by atoms with van der Waals surface area (Å²) in [5, 5.41) is 2.18. The van der Waals surface area contributed by atoms with Crippen molar-refractivity contribution in [1.82, 2.24) is 5.32 Å². The summed E-state index contributed by atoms with van der Waals surface area (Å²) in [4.78, 5) is 21.2. The SMILES string of the molecule is C=COC(=O)CNC(=O)OCC. The third-order valence-corrected chi connectivity index (χ3v) is 0.867. The Balaban J connectivity index is 3.46. The molecule has 0 saturated heterocycles. The van der Waals surface area contributed by atoms with Crippen molar-refractivity contribution in [2.75, 3.05) is 13.2 Å². The molecule has 0 aromatic heterocycles. The summed E-state index contributed by atoms with van der Waals surface area (Å²) in [6, 6.07) is 0. The number of rotatable bonds is 4. The Labute approximate surface area is 70.3 Å². The molecule has 0 heterocycles. The Morgan fingerprint density at radius 3 is 2.75 bits per heavy atom. The number of esters is 1. The highest BCUT2D eigenvalue weighted by Gasteiger charge is 2.04. The van der Waals surface area contributed by atoms with Gasteiger partial charge in [0.1, 0.15) is 6.54 Å². The van der Waals surface area contributed by atoms with Gasteiger partial charge in [-0.15, -0.1) is 0 Å². The Morgan fingerprint density at radius 2 is 2.25 bits per heavy atom. The summed E-state index contributed by atoms with van der Waals surface area (Å²) in [6.07, 6.45) is 0.355. The van der Waals surface area contributed by atoms with Crippen molar-refractivity contribution in [3.05, 3.63) is 12.8 Å². The molecular formula is C7H11NO4. The van der Waals surface area contributed by atoms with Crippen molar-refractivity contribution < 1.29 is 19.1 Å². The van der Waals surface area contributed by atoms with E-state index in [0.29, 0.717) is 0 Å². The van der Waals surface area contributed by atoms with Gasteiger partial charge in [0, 0.05) is 0 Å². The van der Waals surface area contributed by atoms with Crippen molar-refractivity contribution in [1.29, 1.82) is 0 Å². The maximum absolute atomic E-state index is 10.6. The molecule has 1 amide bonds. The third kappa shape index (κ3) is 5.28. The Bertz CT molecular complexity index is 178. The first-order chi connectivity index (χ1) is 5.70. The van der Waals surface area contributed by atoms with Gasteiger partial charge in [-0.1, -0.05) is 6.58 Å². The first-order valence-corrected chi connectivity index (χ1v) is 3.41. The van der Waals surface area contributed by atoms with Crippen LogP contribution in [0.1, 0.15) is 6.92 Å². The van der Waals surface area contributed by atoms with E-state index in [2.05, 4.69) is 21.4 Å². The molecule has 0 rings (SSSR count). The number of alkyl carbamates (subject to hydrolysis) is 1. The maximum atomic E-state index is 10.6. The number of ether oxygens (including phenoxy) is 2. The van der Waals surface area contributed by atoms with Crippen LogP contribution in [0.15, 0.2) is 12.8 Å². The van der Waals surface area contributed by atoms with E-state index in [1.807, 2.05) is 0 Å². The van der Waals surface area contributed by atoms with Gasteiger partial charge in [-0.2, -0.15) is 0 Å². The molecule has 0 aliphatic carbocycles. The molecule has 5 heteroatoms. The lowest BCUT2D eigenvalue weighted by molar-refractivity contribution is -0.136. The smallest absolute Gasteiger partial charge is 0.407 e. The summed E-state index contributed by atoms with van der Waals surface area (Å²) in [5.74, 6) is -0.585.